The molecule has 7 aliphatic rings. The molecule has 2 spiro atoms. The van der Waals surface area contributed by atoms with Crippen molar-refractivity contribution in [3.63, 3.8) is 0 Å². The highest BCUT2D eigenvalue weighted by Gasteiger charge is 2.79. The number of rotatable bonds is 0. The van der Waals surface area contributed by atoms with Gasteiger partial charge in [-0.05, 0) is 38.5 Å². The summed E-state index contributed by atoms with van der Waals surface area (Å²) in [7, 11) is 2.75. The van der Waals surface area contributed by atoms with E-state index in [1.165, 1.54) is 21.6 Å². The molecular formula is C18H24N2O6S2. The fourth-order valence-corrected chi connectivity index (χ4v) is 10.6. The molecular weight excluding hydrogens is 404 g/mol. The fraction of sp³-hybridized carbons (Fsp3) is 0.889. The Morgan fingerprint density at radius 2 is 1.04 bits per heavy atom. The Kier molecular flexibility index (Phi) is 3.64. The van der Waals surface area contributed by atoms with Gasteiger partial charge in [0.1, 0.15) is 0 Å². The molecule has 0 aromatic heterocycles. The number of amides is 2. The molecule has 5 saturated heterocycles. The molecule has 2 amide bonds. The summed E-state index contributed by atoms with van der Waals surface area (Å²) in [5.41, 5.74) is 0. The van der Waals surface area contributed by atoms with E-state index < -0.39 is 46.2 Å². The number of carbonyl (C=O) groups is 2. The third-order valence-electron chi connectivity index (χ3n) is 7.99. The molecule has 10 heteroatoms. The summed E-state index contributed by atoms with van der Waals surface area (Å²) >= 11 is 0. The lowest BCUT2D eigenvalue weighted by Crippen LogP contribution is -2.77. The highest BCUT2D eigenvalue weighted by molar-refractivity contribution is 8.78. The highest BCUT2D eigenvalue weighted by atomic mass is 33.1. The number of carbonyl (C=O) groups excluding carboxylic acids is 2. The molecule has 10 atom stereocenters. The monoisotopic (exact) mass is 428 g/mol. The third kappa shape index (κ3) is 1.87. The van der Waals surface area contributed by atoms with Crippen molar-refractivity contribution in [1.29, 1.82) is 0 Å². The largest absolute Gasteiger partial charge is 0.393 e. The lowest BCUT2D eigenvalue weighted by Gasteiger charge is -2.59. The van der Waals surface area contributed by atoms with Crippen molar-refractivity contribution in [1.82, 2.24) is 9.80 Å². The molecule has 5 heterocycles. The topological polar surface area (TPSA) is 122 Å². The summed E-state index contributed by atoms with van der Waals surface area (Å²) in [5, 5.41) is 42.4. The first kappa shape index (κ1) is 18.3. The third-order valence-corrected chi connectivity index (χ3v) is 11.6. The predicted octanol–water partition coefficient (Wildman–Crippen LogP) is -0.747. The number of piperazine rings is 1. The number of aliphatic hydroxyl groups excluding tert-OH is 4. The zero-order valence-corrected chi connectivity index (χ0v) is 16.8. The van der Waals surface area contributed by atoms with Crippen molar-refractivity contribution >= 4 is 33.4 Å². The first-order valence-corrected chi connectivity index (χ1v) is 12.2. The molecule has 7 rings (SSSR count). The molecule has 2 saturated carbocycles. The number of aliphatic hydroxyl groups is 4. The summed E-state index contributed by atoms with van der Waals surface area (Å²) in [6.07, 6.45) is -0.379. The molecule has 8 nitrogen and oxygen atoms in total. The van der Waals surface area contributed by atoms with Crippen molar-refractivity contribution in [2.75, 3.05) is 0 Å². The maximum atomic E-state index is 13.8. The Bertz CT molecular complexity index is 708. The molecule has 5 aliphatic heterocycles. The molecule has 0 aromatic carbocycles. The van der Waals surface area contributed by atoms with Crippen LogP contribution in [0.1, 0.15) is 38.5 Å². The summed E-state index contributed by atoms with van der Waals surface area (Å²) in [6.45, 7) is 0. The van der Waals surface area contributed by atoms with Crippen molar-refractivity contribution in [2.45, 2.75) is 84.8 Å². The second kappa shape index (κ2) is 5.59. The van der Waals surface area contributed by atoms with Crippen LogP contribution in [0.5, 0.6) is 0 Å². The molecule has 0 aromatic rings. The van der Waals surface area contributed by atoms with Crippen molar-refractivity contribution < 1.29 is 30.0 Å². The Morgan fingerprint density at radius 1 is 0.679 bits per heavy atom. The Labute approximate surface area is 170 Å². The second-order valence-corrected chi connectivity index (χ2v) is 11.9. The first-order chi connectivity index (χ1) is 13.3. The van der Waals surface area contributed by atoms with Crippen molar-refractivity contribution in [3.05, 3.63) is 0 Å². The zero-order valence-electron chi connectivity index (χ0n) is 15.2. The van der Waals surface area contributed by atoms with Crippen LogP contribution in [0.25, 0.3) is 0 Å². The van der Waals surface area contributed by atoms with Crippen LogP contribution in [-0.2, 0) is 9.59 Å². The Balaban J connectivity index is 1.49. The molecule has 4 N–H and O–H groups in total. The second-order valence-electron chi connectivity index (χ2n) is 9.23. The Morgan fingerprint density at radius 3 is 1.43 bits per heavy atom. The molecule has 2 aliphatic carbocycles. The van der Waals surface area contributed by atoms with Crippen LogP contribution < -0.4 is 0 Å². The predicted molar refractivity (Wildman–Crippen MR) is 101 cm³/mol. The van der Waals surface area contributed by atoms with Crippen LogP contribution in [0.2, 0.25) is 0 Å². The minimum Gasteiger partial charge on any atom is -0.393 e. The van der Waals surface area contributed by atoms with Crippen LogP contribution in [0.3, 0.4) is 0 Å². The number of fused-ring (bicyclic) bond motifs is 3. The van der Waals surface area contributed by atoms with Gasteiger partial charge in [0.25, 0.3) is 11.8 Å². The number of nitrogens with zero attached hydrogens (tertiary/aromatic N) is 2. The van der Waals surface area contributed by atoms with Gasteiger partial charge in [-0.25, -0.2) is 0 Å². The van der Waals surface area contributed by atoms with Gasteiger partial charge in [-0.15, -0.1) is 0 Å². The van der Waals surface area contributed by atoms with Crippen molar-refractivity contribution in [2.24, 2.45) is 11.8 Å². The Hall–Kier alpha value is -0.520. The van der Waals surface area contributed by atoms with E-state index in [1.807, 2.05) is 0 Å². The van der Waals surface area contributed by atoms with Gasteiger partial charge in [-0.1, -0.05) is 21.6 Å². The molecule has 154 valence electrons. The van der Waals surface area contributed by atoms with Gasteiger partial charge in [-0.2, -0.15) is 0 Å². The average molecular weight is 429 g/mol. The molecule has 6 unspecified atom stereocenters. The van der Waals surface area contributed by atoms with Crippen LogP contribution >= 0.6 is 21.6 Å². The van der Waals surface area contributed by atoms with E-state index in [-0.39, 0.29) is 23.7 Å². The highest BCUT2D eigenvalue weighted by Crippen LogP contribution is 2.70. The number of hydrogen-bond donors (Lipinski definition) is 4. The normalized spacial score (nSPS) is 57.1. The lowest BCUT2D eigenvalue weighted by molar-refractivity contribution is -0.172. The van der Waals surface area contributed by atoms with E-state index in [1.54, 1.807) is 9.80 Å². The summed E-state index contributed by atoms with van der Waals surface area (Å²) in [6, 6.07) is -1.10. The molecule has 28 heavy (non-hydrogen) atoms. The van der Waals surface area contributed by atoms with E-state index in [2.05, 4.69) is 0 Å². The summed E-state index contributed by atoms with van der Waals surface area (Å²) in [5.74, 6) is -1.05. The zero-order chi connectivity index (χ0) is 19.6. The average Bonchev–Trinajstić information content (AvgIpc) is 3.22. The van der Waals surface area contributed by atoms with Crippen LogP contribution in [-0.4, -0.2) is 88.3 Å². The lowest BCUT2D eigenvalue weighted by atomic mass is 9.79. The van der Waals surface area contributed by atoms with Gasteiger partial charge in [0.05, 0.1) is 36.5 Å². The van der Waals surface area contributed by atoms with E-state index in [9.17, 15) is 30.0 Å². The van der Waals surface area contributed by atoms with E-state index in [4.69, 9.17) is 0 Å². The quantitative estimate of drug-likeness (QED) is 0.372. The van der Waals surface area contributed by atoms with Crippen LogP contribution in [0, 0.1) is 11.8 Å². The number of hydrogen-bond acceptors (Lipinski definition) is 8. The minimum absolute atomic E-state index is 0.203. The van der Waals surface area contributed by atoms with Gasteiger partial charge in [0, 0.05) is 11.8 Å². The minimum atomic E-state index is -1.14. The van der Waals surface area contributed by atoms with Crippen LogP contribution in [0.4, 0.5) is 0 Å². The van der Waals surface area contributed by atoms with E-state index in [0.717, 1.165) is 0 Å². The van der Waals surface area contributed by atoms with Gasteiger partial charge < -0.3 is 30.2 Å². The first-order valence-electron chi connectivity index (χ1n) is 10.1. The smallest absolute Gasteiger partial charge is 0.261 e. The van der Waals surface area contributed by atoms with Gasteiger partial charge in [0.2, 0.25) is 0 Å². The summed E-state index contributed by atoms with van der Waals surface area (Å²) in [4.78, 5) is 28.5. The van der Waals surface area contributed by atoms with Crippen LogP contribution in [0.15, 0.2) is 0 Å². The fourth-order valence-electron chi connectivity index (χ4n) is 6.75. The molecule has 2 bridgehead atoms. The maximum absolute atomic E-state index is 13.8. The molecule has 0 radical (unpaired) electrons. The van der Waals surface area contributed by atoms with E-state index in [0.29, 0.717) is 38.5 Å². The van der Waals surface area contributed by atoms with Gasteiger partial charge in [-0.3, -0.25) is 9.59 Å². The SMILES string of the molecule is O=C1N2[C@H]3C(CC24SSC12CC1C(O)CC[C@H](O)[C@H]1N2C4=O)C(O)CC[C@@H]3O. The summed E-state index contributed by atoms with van der Waals surface area (Å²) < 4.78 is 0. The standard InChI is InChI=1S/C18H24N2O6S2/c21-9-1-3-11(23)13-7(9)5-17-15(25)20-14-8(10(22)2-4-12(14)24)6-18(20,28-27-17)16(26)19(13)17/h7-14,21-24H,1-6H2/t7?,8?,9?,10?,11-,12-,13-,14-,17?,18?/m0/s1. The molecule has 7 fully saturated rings. The van der Waals surface area contributed by atoms with Gasteiger partial charge >= 0.3 is 0 Å². The van der Waals surface area contributed by atoms with Gasteiger partial charge in [0.15, 0.2) is 9.74 Å². The van der Waals surface area contributed by atoms with E-state index >= 15 is 0 Å². The maximum Gasteiger partial charge on any atom is 0.261 e. The van der Waals surface area contributed by atoms with Crippen molar-refractivity contribution in [3.8, 4) is 0 Å².